The van der Waals surface area contributed by atoms with Gasteiger partial charge in [-0.05, 0) is 63.1 Å². The maximum absolute atomic E-state index is 12.9. The highest BCUT2D eigenvalue weighted by Gasteiger charge is 2.33. The fraction of sp³-hybridized carbons (Fsp3) is 0.364. The normalized spacial score (nSPS) is 15.5. The van der Waals surface area contributed by atoms with Gasteiger partial charge in [-0.2, -0.15) is 4.31 Å². The van der Waals surface area contributed by atoms with Crippen LogP contribution in [0.2, 0.25) is 0 Å². The summed E-state index contributed by atoms with van der Waals surface area (Å²) in [5.41, 5.74) is 0.469. The lowest BCUT2D eigenvalue weighted by Gasteiger charge is -2.30. The van der Waals surface area contributed by atoms with Crippen molar-refractivity contribution in [3.05, 3.63) is 54.1 Å². The summed E-state index contributed by atoms with van der Waals surface area (Å²) in [7, 11) is -3.63. The number of hydrogen-bond donors (Lipinski definition) is 0. The second-order valence-electron chi connectivity index (χ2n) is 7.09. The second-order valence-corrected chi connectivity index (χ2v) is 9.03. The number of ketones is 1. The molecule has 0 amide bonds. The minimum absolute atomic E-state index is 0.110. The molecule has 1 aliphatic heterocycles. The Balaban J connectivity index is 1.60. The van der Waals surface area contributed by atoms with Crippen molar-refractivity contribution in [2.24, 2.45) is 5.92 Å². The first-order chi connectivity index (χ1) is 14.3. The molecule has 0 aliphatic carbocycles. The summed E-state index contributed by atoms with van der Waals surface area (Å²) in [6.07, 6.45) is 0.753. The minimum atomic E-state index is -3.63. The molecule has 1 saturated heterocycles. The van der Waals surface area contributed by atoms with E-state index in [9.17, 15) is 18.0 Å². The molecule has 0 N–H and O–H groups in total. The van der Waals surface area contributed by atoms with Crippen LogP contribution in [0.5, 0.6) is 11.5 Å². The van der Waals surface area contributed by atoms with E-state index in [4.69, 9.17) is 9.47 Å². The molecule has 7 nitrogen and oxygen atoms in total. The number of carbonyl (C=O) groups excluding carboxylic acids is 2. The number of hydrogen-bond acceptors (Lipinski definition) is 6. The summed E-state index contributed by atoms with van der Waals surface area (Å²) in [5.74, 6) is 0.0242. The Morgan fingerprint density at radius 3 is 2.30 bits per heavy atom. The van der Waals surface area contributed by atoms with E-state index in [1.54, 1.807) is 30.3 Å². The van der Waals surface area contributed by atoms with Crippen molar-refractivity contribution in [1.82, 2.24) is 4.31 Å². The van der Waals surface area contributed by atoms with E-state index >= 15 is 0 Å². The van der Waals surface area contributed by atoms with Gasteiger partial charge >= 0.3 is 5.97 Å². The molecule has 0 unspecified atom stereocenters. The van der Waals surface area contributed by atoms with Gasteiger partial charge in [0.2, 0.25) is 10.0 Å². The zero-order valence-electron chi connectivity index (χ0n) is 17.0. The maximum Gasteiger partial charge on any atom is 0.314 e. The van der Waals surface area contributed by atoms with Gasteiger partial charge in [-0.1, -0.05) is 12.1 Å². The number of benzene rings is 2. The molecule has 0 atom stereocenters. The lowest BCUT2D eigenvalue weighted by atomic mass is 9.98. The molecule has 8 heteroatoms. The smallest absolute Gasteiger partial charge is 0.314 e. The molecule has 0 spiro atoms. The summed E-state index contributed by atoms with van der Waals surface area (Å²) >= 11 is 0. The third-order valence-corrected chi connectivity index (χ3v) is 6.93. The molecule has 2 aromatic carbocycles. The lowest BCUT2D eigenvalue weighted by molar-refractivity contribution is -0.140. The van der Waals surface area contributed by atoms with Crippen LogP contribution < -0.4 is 9.47 Å². The Labute approximate surface area is 176 Å². The summed E-state index contributed by atoms with van der Waals surface area (Å²) in [4.78, 5) is 24.2. The largest absolute Gasteiger partial charge is 0.494 e. The summed E-state index contributed by atoms with van der Waals surface area (Å²) in [6.45, 7) is 4.29. The minimum Gasteiger partial charge on any atom is -0.494 e. The molecule has 2 aromatic rings. The number of carbonyl (C=O) groups is 2. The second kappa shape index (κ2) is 9.40. The van der Waals surface area contributed by atoms with Crippen LogP contribution in [0.15, 0.2) is 53.4 Å². The van der Waals surface area contributed by atoms with Gasteiger partial charge in [0.1, 0.15) is 11.5 Å². The number of piperidine rings is 1. The van der Waals surface area contributed by atoms with Crippen LogP contribution in [-0.2, 0) is 14.8 Å². The van der Waals surface area contributed by atoms with Crippen LogP contribution in [0.1, 0.15) is 37.0 Å². The number of ether oxygens (including phenoxy) is 2. The van der Waals surface area contributed by atoms with Crippen molar-refractivity contribution in [2.75, 3.05) is 19.7 Å². The molecule has 3 rings (SSSR count). The van der Waals surface area contributed by atoms with E-state index in [2.05, 4.69) is 0 Å². The Bertz CT molecular complexity index is 1010. The molecule has 1 fully saturated rings. The summed E-state index contributed by atoms with van der Waals surface area (Å²) in [5, 5.41) is 0. The monoisotopic (exact) mass is 431 g/mol. The predicted molar refractivity (Wildman–Crippen MR) is 111 cm³/mol. The third kappa shape index (κ3) is 5.06. The quantitative estimate of drug-likeness (QED) is 0.380. The standard InChI is InChI=1S/C22H25NO6S/c1-3-28-19-7-9-21(10-8-19)30(26,27)23-13-11-17(12-14-23)22(25)29-20-6-4-5-18(15-20)16(2)24/h4-10,15,17H,3,11-14H2,1-2H3. The van der Waals surface area contributed by atoms with E-state index in [0.717, 1.165) is 0 Å². The van der Waals surface area contributed by atoms with Crippen molar-refractivity contribution in [2.45, 2.75) is 31.6 Å². The Hall–Kier alpha value is -2.71. The molecule has 0 radical (unpaired) electrons. The van der Waals surface area contributed by atoms with Crippen LogP contribution in [0.4, 0.5) is 0 Å². The first-order valence-corrected chi connectivity index (χ1v) is 11.3. The van der Waals surface area contributed by atoms with Gasteiger partial charge in [-0.25, -0.2) is 8.42 Å². The number of Topliss-reactive ketones (excluding diaryl/α,β-unsaturated/α-hetero) is 1. The molecular weight excluding hydrogens is 406 g/mol. The van der Waals surface area contributed by atoms with Gasteiger partial charge in [0.25, 0.3) is 0 Å². The topological polar surface area (TPSA) is 90.0 Å². The zero-order chi connectivity index (χ0) is 21.7. The molecule has 0 bridgehead atoms. The van der Waals surface area contributed by atoms with Crippen molar-refractivity contribution in [3.63, 3.8) is 0 Å². The van der Waals surface area contributed by atoms with E-state index in [-0.39, 0.29) is 23.8 Å². The molecular formula is C22H25NO6S. The Kier molecular flexibility index (Phi) is 6.89. The highest BCUT2D eigenvalue weighted by molar-refractivity contribution is 7.89. The summed E-state index contributed by atoms with van der Waals surface area (Å²) < 4.78 is 37.9. The van der Waals surface area contributed by atoms with E-state index in [0.29, 0.717) is 36.5 Å². The van der Waals surface area contributed by atoms with Crippen molar-refractivity contribution >= 4 is 21.8 Å². The van der Waals surface area contributed by atoms with E-state index < -0.39 is 21.9 Å². The van der Waals surface area contributed by atoms with Crippen LogP contribution in [0.3, 0.4) is 0 Å². The van der Waals surface area contributed by atoms with Gasteiger partial charge in [0, 0.05) is 18.7 Å². The number of sulfonamides is 1. The molecule has 1 aliphatic rings. The van der Waals surface area contributed by atoms with Gasteiger partial charge in [0.15, 0.2) is 5.78 Å². The third-order valence-electron chi connectivity index (χ3n) is 5.02. The fourth-order valence-corrected chi connectivity index (χ4v) is 4.80. The predicted octanol–water partition coefficient (Wildman–Crippen LogP) is 3.29. The Morgan fingerprint density at radius 2 is 1.70 bits per heavy atom. The van der Waals surface area contributed by atoms with Crippen LogP contribution in [0, 0.1) is 5.92 Å². The van der Waals surface area contributed by atoms with Gasteiger partial charge in [-0.3, -0.25) is 9.59 Å². The van der Waals surface area contributed by atoms with Crippen molar-refractivity contribution in [3.8, 4) is 11.5 Å². The number of esters is 1. The highest BCUT2D eigenvalue weighted by Crippen LogP contribution is 2.26. The van der Waals surface area contributed by atoms with Crippen molar-refractivity contribution < 1.29 is 27.5 Å². The molecule has 1 heterocycles. The number of nitrogens with zero attached hydrogens (tertiary/aromatic N) is 1. The van der Waals surface area contributed by atoms with Crippen LogP contribution >= 0.6 is 0 Å². The van der Waals surface area contributed by atoms with Crippen molar-refractivity contribution in [1.29, 1.82) is 0 Å². The van der Waals surface area contributed by atoms with Crippen LogP contribution in [-0.4, -0.2) is 44.2 Å². The zero-order valence-corrected chi connectivity index (χ0v) is 17.9. The van der Waals surface area contributed by atoms with Gasteiger partial charge < -0.3 is 9.47 Å². The van der Waals surface area contributed by atoms with E-state index in [1.807, 2.05) is 6.92 Å². The highest BCUT2D eigenvalue weighted by atomic mass is 32.2. The first kappa shape index (κ1) is 22.0. The first-order valence-electron chi connectivity index (χ1n) is 9.87. The Morgan fingerprint density at radius 1 is 1.03 bits per heavy atom. The molecule has 0 saturated carbocycles. The maximum atomic E-state index is 12.9. The fourth-order valence-electron chi connectivity index (χ4n) is 3.33. The van der Waals surface area contributed by atoms with Gasteiger partial charge in [-0.15, -0.1) is 0 Å². The van der Waals surface area contributed by atoms with E-state index in [1.165, 1.54) is 29.4 Å². The van der Waals surface area contributed by atoms with Gasteiger partial charge in [0.05, 0.1) is 17.4 Å². The lowest BCUT2D eigenvalue weighted by Crippen LogP contribution is -2.41. The molecule has 160 valence electrons. The van der Waals surface area contributed by atoms with Crippen LogP contribution in [0.25, 0.3) is 0 Å². The molecule has 0 aromatic heterocycles. The summed E-state index contributed by atoms with van der Waals surface area (Å²) in [6, 6.07) is 12.8. The average Bonchev–Trinajstić information content (AvgIpc) is 2.74. The molecule has 30 heavy (non-hydrogen) atoms. The average molecular weight is 432 g/mol. The number of rotatable bonds is 7. The SMILES string of the molecule is CCOc1ccc(S(=O)(=O)N2CCC(C(=O)Oc3cccc(C(C)=O)c3)CC2)cc1.